The predicted octanol–water partition coefficient (Wildman–Crippen LogP) is 3.57. The van der Waals surface area contributed by atoms with E-state index in [4.69, 9.17) is 0 Å². The number of aryl methyl sites for hydroxylation is 1. The molecule has 2 heterocycles. The molecule has 1 aromatic heterocycles. The highest BCUT2D eigenvalue weighted by molar-refractivity contribution is 5.82. The summed E-state index contributed by atoms with van der Waals surface area (Å²) in [7, 11) is 0. The Hall–Kier alpha value is -1.32. The van der Waals surface area contributed by atoms with Crippen LogP contribution < -0.4 is 0 Å². The molecular weight excluding hydrogens is 274 g/mol. The zero-order valence-electron chi connectivity index (χ0n) is 14.2. The van der Waals surface area contributed by atoms with Crippen molar-refractivity contribution in [1.29, 1.82) is 0 Å². The van der Waals surface area contributed by atoms with E-state index in [1.165, 1.54) is 30.5 Å². The number of H-pyrrole nitrogens is 1. The molecular formula is C18H29N3O. The molecule has 1 saturated carbocycles. The standard InChI is InChI=1S/C18H29N3O/c1-14-12-19-20-15(14)18(3)10-7-11-21(13-18)16(22)17(2)8-5-4-6-9-17/h12H,4-11,13H2,1-3H3,(H,19,20). The van der Waals surface area contributed by atoms with Crippen molar-refractivity contribution in [2.75, 3.05) is 13.1 Å². The van der Waals surface area contributed by atoms with Gasteiger partial charge in [-0.05, 0) is 38.2 Å². The van der Waals surface area contributed by atoms with E-state index in [0.717, 1.165) is 38.8 Å². The van der Waals surface area contributed by atoms with Gasteiger partial charge in [0.25, 0.3) is 0 Å². The maximum absolute atomic E-state index is 13.1. The number of nitrogens with zero attached hydrogens (tertiary/aromatic N) is 2. The Morgan fingerprint density at radius 2 is 1.91 bits per heavy atom. The highest BCUT2D eigenvalue weighted by atomic mass is 16.2. The topological polar surface area (TPSA) is 49.0 Å². The van der Waals surface area contributed by atoms with E-state index in [0.29, 0.717) is 5.91 Å². The molecule has 1 saturated heterocycles. The maximum Gasteiger partial charge on any atom is 0.228 e. The van der Waals surface area contributed by atoms with Crippen molar-refractivity contribution < 1.29 is 4.79 Å². The minimum Gasteiger partial charge on any atom is -0.341 e. The fraction of sp³-hybridized carbons (Fsp3) is 0.778. The number of likely N-dealkylation sites (tertiary alicyclic amines) is 1. The normalized spacial score (nSPS) is 28.6. The third kappa shape index (κ3) is 2.68. The zero-order valence-corrected chi connectivity index (χ0v) is 14.2. The van der Waals surface area contributed by atoms with Crippen LogP contribution in [0.15, 0.2) is 6.20 Å². The predicted molar refractivity (Wildman–Crippen MR) is 87.7 cm³/mol. The van der Waals surface area contributed by atoms with Gasteiger partial charge in [0.05, 0.1) is 6.20 Å². The number of carbonyl (C=O) groups is 1. The average molecular weight is 303 g/mol. The summed E-state index contributed by atoms with van der Waals surface area (Å²) >= 11 is 0. The smallest absolute Gasteiger partial charge is 0.228 e. The Bertz CT molecular complexity index is 544. The lowest BCUT2D eigenvalue weighted by molar-refractivity contribution is -0.145. The molecule has 4 nitrogen and oxygen atoms in total. The van der Waals surface area contributed by atoms with E-state index in [9.17, 15) is 4.79 Å². The van der Waals surface area contributed by atoms with Gasteiger partial charge in [-0.15, -0.1) is 0 Å². The highest BCUT2D eigenvalue weighted by Gasteiger charge is 2.42. The maximum atomic E-state index is 13.1. The molecule has 0 aromatic carbocycles. The Morgan fingerprint density at radius 3 is 2.55 bits per heavy atom. The third-order valence-corrected chi connectivity index (χ3v) is 5.89. The van der Waals surface area contributed by atoms with Gasteiger partial charge in [0, 0.05) is 29.6 Å². The summed E-state index contributed by atoms with van der Waals surface area (Å²) in [4.78, 5) is 15.3. The molecule has 3 rings (SSSR count). The highest BCUT2D eigenvalue weighted by Crippen LogP contribution is 2.40. The van der Waals surface area contributed by atoms with E-state index in [2.05, 4.69) is 35.9 Å². The van der Waals surface area contributed by atoms with Crippen molar-refractivity contribution in [2.45, 2.75) is 71.1 Å². The van der Waals surface area contributed by atoms with Gasteiger partial charge in [0.1, 0.15) is 0 Å². The van der Waals surface area contributed by atoms with E-state index in [-0.39, 0.29) is 10.8 Å². The van der Waals surface area contributed by atoms with E-state index < -0.39 is 0 Å². The van der Waals surface area contributed by atoms with E-state index in [1.807, 2.05) is 6.20 Å². The van der Waals surface area contributed by atoms with Gasteiger partial charge in [-0.3, -0.25) is 9.89 Å². The third-order valence-electron chi connectivity index (χ3n) is 5.89. The van der Waals surface area contributed by atoms with Gasteiger partial charge < -0.3 is 4.90 Å². The lowest BCUT2D eigenvalue weighted by Crippen LogP contribution is -2.52. The molecule has 1 amide bonds. The number of hydrogen-bond acceptors (Lipinski definition) is 2. The largest absolute Gasteiger partial charge is 0.341 e. The molecule has 1 unspecified atom stereocenters. The molecule has 1 atom stereocenters. The van der Waals surface area contributed by atoms with Crippen LogP contribution in [0.4, 0.5) is 0 Å². The van der Waals surface area contributed by atoms with Crippen LogP contribution in [0.1, 0.15) is 70.1 Å². The van der Waals surface area contributed by atoms with E-state index >= 15 is 0 Å². The van der Waals surface area contributed by atoms with Crippen molar-refractivity contribution >= 4 is 5.91 Å². The molecule has 0 spiro atoms. The van der Waals surface area contributed by atoms with Crippen LogP contribution in [0.5, 0.6) is 0 Å². The Labute approximate surface area is 133 Å². The first-order chi connectivity index (χ1) is 10.4. The summed E-state index contributed by atoms with van der Waals surface area (Å²) in [6.45, 7) is 8.30. The fourth-order valence-electron chi connectivity index (χ4n) is 4.50. The quantitative estimate of drug-likeness (QED) is 0.908. The second-order valence-electron chi connectivity index (χ2n) is 7.94. The van der Waals surface area contributed by atoms with Crippen LogP contribution >= 0.6 is 0 Å². The molecule has 1 N–H and O–H groups in total. The van der Waals surface area contributed by atoms with Crippen molar-refractivity contribution in [3.05, 3.63) is 17.5 Å². The second-order valence-corrected chi connectivity index (χ2v) is 7.94. The van der Waals surface area contributed by atoms with Gasteiger partial charge in [0.15, 0.2) is 0 Å². The first kappa shape index (κ1) is 15.6. The summed E-state index contributed by atoms with van der Waals surface area (Å²) in [5.41, 5.74) is 2.30. The van der Waals surface area contributed by atoms with Crippen molar-refractivity contribution in [2.24, 2.45) is 5.41 Å². The minimum atomic E-state index is -0.125. The molecule has 2 fully saturated rings. The van der Waals surface area contributed by atoms with Gasteiger partial charge in [0.2, 0.25) is 5.91 Å². The van der Waals surface area contributed by atoms with Crippen LogP contribution in [-0.2, 0) is 10.2 Å². The molecule has 122 valence electrons. The first-order valence-corrected chi connectivity index (χ1v) is 8.74. The Kier molecular flexibility index (Phi) is 4.04. The number of carbonyl (C=O) groups excluding carboxylic acids is 1. The molecule has 0 bridgehead atoms. The van der Waals surface area contributed by atoms with Crippen LogP contribution in [0.2, 0.25) is 0 Å². The molecule has 0 radical (unpaired) electrons. The van der Waals surface area contributed by atoms with Gasteiger partial charge in [-0.1, -0.05) is 33.1 Å². The minimum absolute atomic E-state index is 0.0134. The molecule has 1 aromatic rings. The Morgan fingerprint density at radius 1 is 1.18 bits per heavy atom. The number of hydrogen-bond donors (Lipinski definition) is 1. The number of aromatic nitrogens is 2. The fourth-order valence-corrected chi connectivity index (χ4v) is 4.50. The van der Waals surface area contributed by atoms with E-state index in [1.54, 1.807) is 0 Å². The number of rotatable bonds is 2. The Balaban J connectivity index is 1.78. The van der Waals surface area contributed by atoms with Crippen molar-refractivity contribution in [3.63, 3.8) is 0 Å². The monoisotopic (exact) mass is 303 g/mol. The number of amides is 1. The molecule has 22 heavy (non-hydrogen) atoms. The molecule has 1 aliphatic heterocycles. The zero-order chi connectivity index (χ0) is 15.8. The number of piperidine rings is 1. The van der Waals surface area contributed by atoms with Crippen molar-refractivity contribution in [1.82, 2.24) is 15.1 Å². The van der Waals surface area contributed by atoms with Crippen LogP contribution in [0, 0.1) is 12.3 Å². The summed E-state index contributed by atoms with van der Waals surface area (Å²) in [6, 6.07) is 0. The second kappa shape index (κ2) is 5.71. The number of nitrogens with one attached hydrogen (secondary N) is 1. The van der Waals surface area contributed by atoms with Crippen LogP contribution in [0.3, 0.4) is 0 Å². The molecule has 4 heteroatoms. The first-order valence-electron chi connectivity index (χ1n) is 8.74. The van der Waals surface area contributed by atoms with Gasteiger partial charge in [-0.25, -0.2) is 0 Å². The van der Waals surface area contributed by atoms with Crippen molar-refractivity contribution in [3.8, 4) is 0 Å². The van der Waals surface area contributed by atoms with Crippen LogP contribution in [0.25, 0.3) is 0 Å². The average Bonchev–Trinajstić information content (AvgIpc) is 2.94. The summed E-state index contributed by atoms with van der Waals surface area (Å²) in [5, 5.41) is 7.36. The number of aromatic amines is 1. The van der Waals surface area contributed by atoms with Gasteiger partial charge >= 0.3 is 0 Å². The summed E-state index contributed by atoms with van der Waals surface area (Å²) < 4.78 is 0. The molecule has 1 aliphatic carbocycles. The SMILES string of the molecule is Cc1cn[nH]c1C1(C)CCCN(C(=O)C2(C)CCCCC2)C1. The lowest BCUT2D eigenvalue weighted by Gasteiger charge is -2.44. The van der Waals surface area contributed by atoms with Crippen LogP contribution in [-0.4, -0.2) is 34.1 Å². The summed E-state index contributed by atoms with van der Waals surface area (Å²) in [6.07, 6.45) is 9.90. The molecule has 2 aliphatic rings. The lowest BCUT2D eigenvalue weighted by atomic mass is 9.72. The summed E-state index contributed by atoms with van der Waals surface area (Å²) in [5.74, 6) is 0.385. The van der Waals surface area contributed by atoms with Gasteiger partial charge in [-0.2, -0.15) is 5.10 Å².